The van der Waals surface area contributed by atoms with E-state index >= 15 is 0 Å². The van der Waals surface area contributed by atoms with Gasteiger partial charge >= 0.3 is 5.97 Å². The number of carbonyl (C=O) groups is 2. The number of aliphatic hydroxyl groups is 1. The van der Waals surface area contributed by atoms with Crippen LogP contribution in [0.5, 0.6) is 0 Å². The molecule has 0 radical (unpaired) electrons. The van der Waals surface area contributed by atoms with Gasteiger partial charge in [0.05, 0.1) is 5.60 Å². The average Bonchev–Trinajstić information content (AvgIpc) is 2.11. The number of hydrogen-bond donors (Lipinski definition) is 3. The van der Waals surface area contributed by atoms with Crippen molar-refractivity contribution in [3.8, 4) is 0 Å². The molecule has 0 aliphatic rings. The summed E-state index contributed by atoms with van der Waals surface area (Å²) in [5, 5.41) is 20.3. The summed E-state index contributed by atoms with van der Waals surface area (Å²) < 4.78 is 4.78. The van der Waals surface area contributed by atoms with Crippen molar-refractivity contribution in [2.24, 2.45) is 0 Å². The molecule has 15 heavy (non-hydrogen) atoms. The van der Waals surface area contributed by atoms with Crippen molar-refractivity contribution in [1.29, 1.82) is 0 Å². The highest BCUT2D eigenvalue weighted by Gasteiger charge is 2.21. The second-order valence-electron chi connectivity index (χ2n) is 3.59. The smallest absolute Gasteiger partial charge is 0.312 e. The number of nitrogens with one attached hydrogen (secondary N) is 1. The Morgan fingerprint density at radius 1 is 1.47 bits per heavy atom. The maximum Gasteiger partial charge on any atom is 0.312 e. The van der Waals surface area contributed by atoms with E-state index in [1.165, 1.54) is 7.11 Å². The van der Waals surface area contributed by atoms with Crippen molar-refractivity contribution in [2.45, 2.75) is 25.4 Å². The molecular weight excluding hydrogens is 202 g/mol. The van der Waals surface area contributed by atoms with Crippen molar-refractivity contribution in [2.75, 3.05) is 20.3 Å². The van der Waals surface area contributed by atoms with Crippen molar-refractivity contribution >= 4 is 11.9 Å². The second kappa shape index (κ2) is 6.36. The van der Waals surface area contributed by atoms with Crippen LogP contribution in [-0.4, -0.2) is 48.0 Å². The van der Waals surface area contributed by atoms with Crippen LogP contribution < -0.4 is 5.32 Å². The molecule has 0 aliphatic heterocycles. The summed E-state index contributed by atoms with van der Waals surface area (Å²) in [6.07, 6.45) is -0.211. The fraction of sp³-hybridized carbons (Fsp3) is 0.778. The van der Waals surface area contributed by atoms with Crippen LogP contribution in [-0.2, 0) is 14.3 Å². The molecule has 0 aromatic rings. The summed E-state index contributed by atoms with van der Waals surface area (Å²) in [6.45, 7) is 1.94. The van der Waals surface area contributed by atoms with Gasteiger partial charge in [0.1, 0.15) is 6.42 Å². The zero-order valence-corrected chi connectivity index (χ0v) is 8.95. The normalized spacial score (nSPS) is 14.3. The summed E-state index contributed by atoms with van der Waals surface area (Å²) in [5.74, 6) is -1.80. The number of ether oxygens (including phenoxy) is 1. The molecule has 0 bridgehead atoms. The predicted molar refractivity (Wildman–Crippen MR) is 52.4 cm³/mol. The minimum Gasteiger partial charge on any atom is -0.481 e. The van der Waals surface area contributed by atoms with E-state index in [9.17, 15) is 14.7 Å². The molecule has 0 heterocycles. The van der Waals surface area contributed by atoms with E-state index in [0.717, 1.165) is 0 Å². The lowest BCUT2D eigenvalue weighted by molar-refractivity contribution is -0.141. The van der Waals surface area contributed by atoms with E-state index in [0.29, 0.717) is 13.0 Å². The summed E-state index contributed by atoms with van der Waals surface area (Å²) in [6, 6.07) is 0. The van der Waals surface area contributed by atoms with Gasteiger partial charge in [0.25, 0.3) is 0 Å². The first-order valence-electron chi connectivity index (χ1n) is 4.57. The number of rotatable bonds is 7. The first-order chi connectivity index (χ1) is 6.87. The van der Waals surface area contributed by atoms with Gasteiger partial charge < -0.3 is 20.3 Å². The van der Waals surface area contributed by atoms with Gasteiger partial charge in [-0.2, -0.15) is 0 Å². The van der Waals surface area contributed by atoms with E-state index in [1.807, 2.05) is 0 Å². The van der Waals surface area contributed by atoms with Crippen LogP contribution in [0.2, 0.25) is 0 Å². The third kappa shape index (κ3) is 7.90. The summed E-state index contributed by atoms with van der Waals surface area (Å²) in [4.78, 5) is 21.1. The largest absolute Gasteiger partial charge is 0.481 e. The van der Waals surface area contributed by atoms with E-state index in [-0.39, 0.29) is 6.54 Å². The van der Waals surface area contributed by atoms with Crippen LogP contribution in [0.25, 0.3) is 0 Å². The topological polar surface area (TPSA) is 95.9 Å². The van der Waals surface area contributed by atoms with Crippen LogP contribution in [0.4, 0.5) is 0 Å². The Labute approximate surface area is 88.2 Å². The van der Waals surface area contributed by atoms with E-state index in [4.69, 9.17) is 9.84 Å². The van der Waals surface area contributed by atoms with Crippen molar-refractivity contribution < 1.29 is 24.5 Å². The zero-order valence-electron chi connectivity index (χ0n) is 8.95. The van der Waals surface area contributed by atoms with Gasteiger partial charge in [-0.3, -0.25) is 9.59 Å². The van der Waals surface area contributed by atoms with Gasteiger partial charge in [0.2, 0.25) is 5.91 Å². The minimum absolute atomic E-state index is 0.0163. The molecule has 0 rings (SSSR count). The number of carboxylic acid groups (broad SMARTS) is 1. The molecule has 3 N–H and O–H groups in total. The summed E-state index contributed by atoms with van der Waals surface area (Å²) >= 11 is 0. The predicted octanol–water partition coefficient (Wildman–Crippen LogP) is -0.635. The molecule has 0 saturated carbocycles. The molecule has 0 aliphatic carbocycles. The lowest BCUT2D eigenvalue weighted by Crippen LogP contribution is -2.41. The molecule has 0 spiro atoms. The summed E-state index contributed by atoms with van der Waals surface area (Å²) in [5.41, 5.74) is -1.08. The second-order valence-corrected chi connectivity index (χ2v) is 3.59. The number of hydrogen-bond acceptors (Lipinski definition) is 4. The lowest BCUT2D eigenvalue weighted by Gasteiger charge is -2.22. The lowest BCUT2D eigenvalue weighted by atomic mass is 10.0. The minimum atomic E-state index is -1.19. The quantitative estimate of drug-likeness (QED) is 0.495. The fourth-order valence-electron chi connectivity index (χ4n) is 0.899. The first-order valence-corrected chi connectivity index (χ1v) is 4.57. The van der Waals surface area contributed by atoms with Crippen LogP contribution >= 0.6 is 0 Å². The Morgan fingerprint density at radius 2 is 2.07 bits per heavy atom. The van der Waals surface area contributed by atoms with Crippen molar-refractivity contribution in [3.63, 3.8) is 0 Å². The number of carbonyl (C=O) groups excluding carboxylic acids is 1. The van der Waals surface area contributed by atoms with Gasteiger partial charge in [-0.05, 0) is 6.92 Å². The third-order valence-electron chi connectivity index (χ3n) is 1.82. The van der Waals surface area contributed by atoms with Crippen LogP contribution in [0.3, 0.4) is 0 Å². The Bertz CT molecular complexity index is 227. The van der Waals surface area contributed by atoms with Gasteiger partial charge in [-0.1, -0.05) is 0 Å². The number of amides is 1. The highest BCUT2D eigenvalue weighted by atomic mass is 16.5. The molecular formula is C9H17NO5. The Morgan fingerprint density at radius 3 is 2.53 bits per heavy atom. The number of carboxylic acids is 1. The maximum absolute atomic E-state index is 10.9. The molecule has 1 unspecified atom stereocenters. The first kappa shape index (κ1) is 13.9. The van der Waals surface area contributed by atoms with E-state index in [1.54, 1.807) is 6.92 Å². The van der Waals surface area contributed by atoms with Crippen molar-refractivity contribution in [1.82, 2.24) is 5.32 Å². The molecule has 0 fully saturated rings. The zero-order chi connectivity index (χ0) is 11.9. The fourth-order valence-corrected chi connectivity index (χ4v) is 0.899. The molecule has 1 amide bonds. The van der Waals surface area contributed by atoms with Gasteiger partial charge in [-0.25, -0.2) is 0 Å². The van der Waals surface area contributed by atoms with Gasteiger partial charge in [0, 0.05) is 26.7 Å². The van der Waals surface area contributed by atoms with Gasteiger partial charge in [0.15, 0.2) is 0 Å². The Balaban J connectivity index is 3.81. The standard InChI is InChI=1S/C9H17NO5/c1-9(14,3-4-15-2)6-10-7(11)5-8(12)13/h14H,3-6H2,1-2H3,(H,10,11)(H,12,13). The summed E-state index contributed by atoms with van der Waals surface area (Å²) in [7, 11) is 1.51. The molecule has 6 heteroatoms. The van der Waals surface area contributed by atoms with Crippen LogP contribution in [0.1, 0.15) is 19.8 Å². The highest BCUT2D eigenvalue weighted by molar-refractivity contribution is 5.93. The molecule has 88 valence electrons. The SMILES string of the molecule is COCCC(C)(O)CNC(=O)CC(=O)O. The molecule has 1 atom stereocenters. The maximum atomic E-state index is 10.9. The average molecular weight is 219 g/mol. The molecule has 0 aromatic carbocycles. The molecule has 0 saturated heterocycles. The number of aliphatic carboxylic acids is 1. The molecule has 6 nitrogen and oxygen atoms in total. The van der Waals surface area contributed by atoms with E-state index < -0.39 is 23.9 Å². The Hall–Kier alpha value is -1.14. The van der Waals surface area contributed by atoms with Crippen molar-refractivity contribution in [3.05, 3.63) is 0 Å². The number of methoxy groups -OCH3 is 1. The van der Waals surface area contributed by atoms with Crippen LogP contribution in [0.15, 0.2) is 0 Å². The highest BCUT2D eigenvalue weighted by Crippen LogP contribution is 2.07. The van der Waals surface area contributed by atoms with Gasteiger partial charge in [-0.15, -0.1) is 0 Å². The Kier molecular flexibility index (Phi) is 5.88. The van der Waals surface area contributed by atoms with Crippen LogP contribution in [0, 0.1) is 0 Å². The van der Waals surface area contributed by atoms with E-state index in [2.05, 4.69) is 5.32 Å². The third-order valence-corrected chi connectivity index (χ3v) is 1.82. The molecule has 0 aromatic heterocycles. The monoisotopic (exact) mass is 219 g/mol.